The number of nitrogens with zero attached hydrogens (tertiary/aromatic N) is 3. The number of rotatable bonds is 5. The molecule has 0 aliphatic heterocycles. The number of anilines is 1. The van der Waals surface area contributed by atoms with E-state index in [4.69, 9.17) is 16.7 Å². The Balaban J connectivity index is 1.73. The Kier molecular flexibility index (Phi) is 5.93. The van der Waals surface area contributed by atoms with Gasteiger partial charge in [0.1, 0.15) is 11.6 Å². The molecule has 0 atom stereocenters. The second kappa shape index (κ2) is 9.12. The SMILES string of the molecule is N#C/C(=C/c1cn(-c2ccccc2)nc1-c1ccccc1)C(=O)Nc1ccc(Cl)cc1. The minimum Gasteiger partial charge on any atom is -0.321 e. The van der Waals surface area contributed by atoms with Crippen LogP contribution in [0.3, 0.4) is 0 Å². The highest BCUT2D eigenvalue weighted by molar-refractivity contribution is 6.30. The number of halogens is 1. The Morgan fingerprint density at radius 2 is 1.61 bits per heavy atom. The van der Waals surface area contributed by atoms with E-state index in [0.29, 0.717) is 22.0 Å². The summed E-state index contributed by atoms with van der Waals surface area (Å²) < 4.78 is 1.74. The van der Waals surface area contributed by atoms with Crippen molar-refractivity contribution in [3.05, 3.63) is 107 Å². The van der Waals surface area contributed by atoms with Gasteiger partial charge in [-0.25, -0.2) is 4.68 Å². The molecular formula is C25H17ClN4O. The quantitative estimate of drug-likeness (QED) is 0.328. The van der Waals surface area contributed by atoms with Crippen molar-refractivity contribution in [1.82, 2.24) is 9.78 Å². The Bertz CT molecular complexity index is 1270. The number of carbonyl (C=O) groups excluding carboxylic acids is 1. The molecule has 0 saturated heterocycles. The standard InChI is InChI=1S/C25H17ClN4O/c26-21-11-13-22(14-12-21)28-25(31)19(16-27)15-20-17-30(23-9-5-2-6-10-23)29-24(20)18-7-3-1-4-8-18/h1-15,17H,(H,28,31)/b19-15-. The molecule has 0 aliphatic rings. The predicted molar refractivity (Wildman–Crippen MR) is 123 cm³/mol. The van der Waals surface area contributed by atoms with E-state index in [1.165, 1.54) is 0 Å². The van der Waals surface area contributed by atoms with E-state index in [1.807, 2.05) is 72.9 Å². The molecule has 1 heterocycles. The van der Waals surface area contributed by atoms with Crippen molar-refractivity contribution in [2.75, 3.05) is 5.32 Å². The third-order valence-electron chi connectivity index (χ3n) is 4.58. The molecule has 6 heteroatoms. The average Bonchev–Trinajstić information content (AvgIpc) is 3.24. The number of para-hydroxylation sites is 1. The largest absolute Gasteiger partial charge is 0.321 e. The van der Waals surface area contributed by atoms with Gasteiger partial charge >= 0.3 is 0 Å². The van der Waals surface area contributed by atoms with Crippen LogP contribution in [0.5, 0.6) is 0 Å². The van der Waals surface area contributed by atoms with Crippen LogP contribution in [0.1, 0.15) is 5.56 Å². The molecule has 1 amide bonds. The van der Waals surface area contributed by atoms with Crippen LogP contribution in [0.25, 0.3) is 23.0 Å². The summed E-state index contributed by atoms with van der Waals surface area (Å²) >= 11 is 5.89. The first-order valence-corrected chi connectivity index (χ1v) is 9.91. The first-order chi connectivity index (χ1) is 15.1. The van der Waals surface area contributed by atoms with Crippen molar-refractivity contribution in [3.8, 4) is 23.0 Å². The summed E-state index contributed by atoms with van der Waals surface area (Å²) in [6.07, 6.45) is 3.37. The minimum absolute atomic E-state index is 0.0280. The summed E-state index contributed by atoms with van der Waals surface area (Å²) in [6.45, 7) is 0. The second-order valence-corrected chi connectivity index (χ2v) is 7.15. The normalized spacial score (nSPS) is 11.0. The van der Waals surface area contributed by atoms with E-state index >= 15 is 0 Å². The Hall–Kier alpha value is -4.14. The molecule has 0 fully saturated rings. The van der Waals surface area contributed by atoms with E-state index in [2.05, 4.69) is 5.32 Å². The monoisotopic (exact) mass is 424 g/mol. The molecule has 0 unspecified atom stereocenters. The molecule has 150 valence electrons. The maximum absolute atomic E-state index is 12.7. The average molecular weight is 425 g/mol. The van der Waals surface area contributed by atoms with Gasteiger partial charge in [0.2, 0.25) is 0 Å². The van der Waals surface area contributed by atoms with Crippen LogP contribution in [-0.2, 0) is 4.79 Å². The second-order valence-electron chi connectivity index (χ2n) is 6.71. The fourth-order valence-electron chi connectivity index (χ4n) is 3.06. The molecule has 0 aliphatic carbocycles. The number of carbonyl (C=O) groups is 1. The lowest BCUT2D eigenvalue weighted by Crippen LogP contribution is -2.13. The van der Waals surface area contributed by atoms with Crippen LogP contribution in [0.15, 0.2) is 96.7 Å². The van der Waals surface area contributed by atoms with Gasteiger partial charge < -0.3 is 5.32 Å². The zero-order chi connectivity index (χ0) is 21.6. The topological polar surface area (TPSA) is 70.7 Å². The van der Waals surface area contributed by atoms with E-state index in [1.54, 1.807) is 35.0 Å². The first kappa shape index (κ1) is 20.1. The third kappa shape index (κ3) is 4.72. The molecular weight excluding hydrogens is 408 g/mol. The lowest BCUT2D eigenvalue weighted by atomic mass is 10.1. The lowest BCUT2D eigenvalue weighted by Gasteiger charge is -2.04. The van der Waals surface area contributed by atoms with E-state index in [-0.39, 0.29) is 5.57 Å². The van der Waals surface area contributed by atoms with E-state index < -0.39 is 5.91 Å². The maximum Gasteiger partial charge on any atom is 0.266 e. The predicted octanol–water partition coefficient (Wildman–Crippen LogP) is 5.74. The zero-order valence-electron chi connectivity index (χ0n) is 16.4. The van der Waals surface area contributed by atoms with Crippen molar-refractivity contribution in [3.63, 3.8) is 0 Å². The molecule has 0 bridgehead atoms. The van der Waals surface area contributed by atoms with Crippen LogP contribution >= 0.6 is 11.6 Å². The first-order valence-electron chi connectivity index (χ1n) is 9.53. The number of hydrogen-bond donors (Lipinski definition) is 1. The number of aromatic nitrogens is 2. The number of nitriles is 1. The lowest BCUT2D eigenvalue weighted by molar-refractivity contribution is -0.112. The molecule has 31 heavy (non-hydrogen) atoms. The Labute approximate surface area is 184 Å². The van der Waals surface area contributed by atoms with Gasteiger partial charge in [-0.05, 0) is 42.5 Å². The van der Waals surface area contributed by atoms with Gasteiger partial charge in [0.25, 0.3) is 5.91 Å². The summed E-state index contributed by atoms with van der Waals surface area (Å²) in [5.41, 5.74) is 3.63. The van der Waals surface area contributed by atoms with Gasteiger partial charge in [0, 0.05) is 28.0 Å². The van der Waals surface area contributed by atoms with Gasteiger partial charge in [-0.15, -0.1) is 0 Å². The van der Waals surface area contributed by atoms with Gasteiger partial charge in [0.05, 0.1) is 11.4 Å². The number of nitrogens with one attached hydrogen (secondary N) is 1. The molecule has 0 spiro atoms. The summed E-state index contributed by atoms with van der Waals surface area (Å²) in [5.74, 6) is -0.503. The summed E-state index contributed by atoms with van der Waals surface area (Å²) in [6, 6.07) is 28.0. The molecule has 4 aromatic rings. The number of hydrogen-bond acceptors (Lipinski definition) is 3. The van der Waals surface area contributed by atoms with Gasteiger partial charge in [-0.2, -0.15) is 10.4 Å². The van der Waals surface area contributed by atoms with Crippen molar-refractivity contribution in [2.45, 2.75) is 0 Å². The molecule has 1 N–H and O–H groups in total. The zero-order valence-corrected chi connectivity index (χ0v) is 17.1. The molecule has 5 nitrogen and oxygen atoms in total. The van der Waals surface area contributed by atoms with Gasteiger partial charge in [0.15, 0.2) is 0 Å². The highest BCUT2D eigenvalue weighted by Crippen LogP contribution is 2.26. The molecule has 3 aromatic carbocycles. The molecule has 1 aromatic heterocycles. The van der Waals surface area contributed by atoms with E-state index in [0.717, 1.165) is 11.3 Å². The molecule has 4 rings (SSSR count). The summed E-state index contributed by atoms with van der Waals surface area (Å²) in [7, 11) is 0. The third-order valence-corrected chi connectivity index (χ3v) is 4.83. The molecule has 0 radical (unpaired) electrons. The van der Waals surface area contributed by atoms with Crippen LogP contribution in [-0.4, -0.2) is 15.7 Å². The van der Waals surface area contributed by atoms with Crippen LogP contribution in [0.4, 0.5) is 5.69 Å². The van der Waals surface area contributed by atoms with Crippen molar-refractivity contribution < 1.29 is 4.79 Å². The van der Waals surface area contributed by atoms with Gasteiger partial charge in [-0.1, -0.05) is 60.1 Å². The fraction of sp³-hybridized carbons (Fsp3) is 0. The van der Waals surface area contributed by atoms with Crippen molar-refractivity contribution in [1.29, 1.82) is 5.26 Å². The highest BCUT2D eigenvalue weighted by Gasteiger charge is 2.15. The van der Waals surface area contributed by atoms with Gasteiger partial charge in [-0.3, -0.25) is 4.79 Å². The summed E-state index contributed by atoms with van der Waals surface area (Å²) in [4.78, 5) is 12.7. The van der Waals surface area contributed by atoms with Crippen LogP contribution in [0, 0.1) is 11.3 Å². The molecule has 0 saturated carbocycles. The van der Waals surface area contributed by atoms with Crippen LogP contribution in [0.2, 0.25) is 5.02 Å². The minimum atomic E-state index is -0.503. The van der Waals surface area contributed by atoms with Crippen LogP contribution < -0.4 is 5.32 Å². The van der Waals surface area contributed by atoms with E-state index in [9.17, 15) is 10.1 Å². The highest BCUT2D eigenvalue weighted by atomic mass is 35.5. The fourth-order valence-corrected chi connectivity index (χ4v) is 3.19. The smallest absolute Gasteiger partial charge is 0.266 e. The maximum atomic E-state index is 12.7. The van der Waals surface area contributed by atoms with Crippen molar-refractivity contribution in [2.24, 2.45) is 0 Å². The number of amides is 1. The summed E-state index contributed by atoms with van der Waals surface area (Å²) in [5, 5.41) is 17.6. The Morgan fingerprint density at radius 1 is 0.968 bits per heavy atom. The number of benzene rings is 3. The Morgan fingerprint density at radius 3 is 2.26 bits per heavy atom. The van der Waals surface area contributed by atoms with Crippen molar-refractivity contribution >= 4 is 29.3 Å².